The highest BCUT2D eigenvalue weighted by Gasteiger charge is 2.29. The molecule has 0 amide bonds. The lowest BCUT2D eigenvalue weighted by Crippen LogP contribution is -2.04. The lowest BCUT2D eigenvalue weighted by molar-refractivity contribution is 0.199. The van der Waals surface area contributed by atoms with E-state index in [0.29, 0.717) is 13.2 Å². The predicted molar refractivity (Wildman–Crippen MR) is 115 cm³/mol. The van der Waals surface area contributed by atoms with Crippen LogP contribution in [-0.2, 0) is 19.8 Å². The summed E-state index contributed by atoms with van der Waals surface area (Å²) >= 11 is 14.3. The highest BCUT2D eigenvalue weighted by Crippen LogP contribution is 2.55. The molecule has 0 bridgehead atoms. The van der Waals surface area contributed by atoms with Gasteiger partial charge in [-0.15, -0.1) is 0 Å². The summed E-state index contributed by atoms with van der Waals surface area (Å²) in [7, 11) is -3.21. The lowest BCUT2D eigenvalue weighted by Gasteiger charge is -2.21. The first kappa shape index (κ1) is 23.3. The molecule has 138 valence electrons. The molecule has 0 heterocycles. The number of benzene rings is 1. The van der Waals surface area contributed by atoms with Gasteiger partial charge in [0.15, 0.2) is 0 Å². The molecule has 1 rings (SSSR count). The molecular weight excluding hydrogens is 591 g/mol. The third kappa shape index (κ3) is 6.47. The highest BCUT2D eigenvalue weighted by atomic mass is 79.9. The third-order valence-corrected chi connectivity index (χ3v) is 10.1. The van der Waals surface area contributed by atoms with Gasteiger partial charge in [-0.3, -0.25) is 4.57 Å². The van der Waals surface area contributed by atoms with Crippen LogP contribution < -0.4 is 0 Å². The Morgan fingerprint density at radius 1 is 0.833 bits per heavy atom. The van der Waals surface area contributed by atoms with Crippen LogP contribution in [0.1, 0.15) is 50.7 Å². The monoisotopic (exact) mass is 610 g/mol. The smallest absolute Gasteiger partial charge is 0.308 e. The maximum absolute atomic E-state index is 13.2. The van der Waals surface area contributed by atoms with E-state index in [1.54, 1.807) is 0 Å². The standard InChI is InChI=1S/C16H23Br4O3P/c1-4-6-8-22-24(21,23-9-7-5-2)10-12-13(17)11(3)14(18)16(20)15(12)19/h4-10H2,1-3H3. The molecule has 0 N–H and O–H groups in total. The predicted octanol–water partition coefficient (Wildman–Crippen LogP) is 8.37. The number of halogens is 4. The van der Waals surface area contributed by atoms with E-state index in [1.165, 1.54) is 0 Å². The van der Waals surface area contributed by atoms with Crippen molar-refractivity contribution in [2.75, 3.05) is 13.2 Å². The summed E-state index contributed by atoms with van der Waals surface area (Å²) in [6.07, 6.45) is 3.95. The largest absolute Gasteiger partial charge is 0.335 e. The summed E-state index contributed by atoms with van der Waals surface area (Å²) in [5.74, 6) is 0. The Labute approximate surface area is 178 Å². The summed E-state index contributed by atoms with van der Waals surface area (Å²) in [4.78, 5) is 0. The van der Waals surface area contributed by atoms with Crippen molar-refractivity contribution in [3.63, 3.8) is 0 Å². The zero-order valence-electron chi connectivity index (χ0n) is 14.1. The molecule has 24 heavy (non-hydrogen) atoms. The Hall–Kier alpha value is 1.29. The van der Waals surface area contributed by atoms with Gasteiger partial charge in [-0.2, -0.15) is 0 Å². The minimum atomic E-state index is -3.21. The number of rotatable bonds is 10. The maximum atomic E-state index is 13.2. The Balaban J connectivity index is 3.11. The van der Waals surface area contributed by atoms with Crippen LogP contribution in [0.25, 0.3) is 0 Å². The van der Waals surface area contributed by atoms with Gasteiger partial charge in [0.05, 0.1) is 19.4 Å². The normalized spacial score (nSPS) is 12.0. The van der Waals surface area contributed by atoms with Crippen LogP contribution in [0.4, 0.5) is 0 Å². The molecule has 0 aromatic heterocycles. The average Bonchev–Trinajstić information content (AvgIpc) is 2.56. The Morgan fingerprint density at radius 3 is 1.79 bits per heavy atom. The van der Waals surface area contributed by atoms with Gasteiger partial charge in [-0.25, -0.2) is 0 Å². The van der Waals surface area contributed by atoms with Crippen molar-refractivity contribution in [2.45, 2.75) is 52.6 Å². The molecule has 0 radical (unpaired) electrons. The first-order valence-electron chi connectivity index (χ1n) is 7.96. The van der Waals surface area contributed by atoms with Crippen molar-refractivity contribution >= 4 is 71.3 Å². The van der Waals surface area contributed by atoms with Gasteiger partial charge in [0, 0.05) is 17.9 Å². The minimum absolute atomic E-state index is 0.230. The Bertz CT molecular complexity index is 564. The second-order valence-electron chi connectivity index (χ2n) is 5.50. The summed E-state index contributed by atoms with van der Waals surface area (Å²) in [5, 5.41) is 0. The summed E-state index contributed by atoms with van der Waals surface area (Å²) < 4.78 is 28.3. The van der Waals surface area contributed by atoms with Crippen LogP contribution in [-0.4, -0.2) is 13.2 Å². The zero-order chi connectivity index (χ0) is 18.3. The van der Waals surface area contributed by atoms with Crippen LogP contribution in [0.3, 0.4) is 0 Å². The number of unbranched alkanes of at least 4 members (excludes halogenated alkanes) is 2. The minimum Gasteiger partial charge on any atom is -0.308 e. The van der Waals surface area contributed by atoms with Crippen LogP contribution in [0.15, 0.2) is 17.9 Å². The molecule has 0 aliphatic rings. The fraction of sp³-hybridized carbons (Fsp3) is 0.625. The van der Waals surface area contributed by atoms with Gasteiger partial charge in [0.25, 0.3) is 0 Å². The molecule has 0 spiro atoms. The van der Waals surface area contributed by atoms with E-state index in [-0.39, 0.29) is 6.16 Å². The van der Waals surface area contributed by atoms with Gasteiger partial charge in [-0.05, 0) is 78.7 Å². The van der Waals surface area contributed by atoms with Gasteiger partial charge < -0.3 is 9.05 Å². The third-order valence-electron chi connectivity index (χ3n) is 3.50. The molecule has 0 atom stereocenters. The van der Waals surface area contributed by atoms with E-state index in [1.807, 2.05) is 6.92 Å². The van der Waals surface area contributed by atoms with E-state index in [0.717, 1.165) is 54.7 Å². The fourth-order valence-corrected chi connectivity index (χ4v) is 6.98. The van der Waals surface area contributed by atoms with Gasteiger partial charge in [0.2, 0.25) is 0 Å². The lowest BCUT2D eigenvalue weighted by atomic mass is 10.2. The second kappa shape index (κ2) is 11.2. The highest BCUT2D eigenvalue weighted by molar-refractivity contribution is 9.14. The van der Waals surface area contributed by atoms with Crippen LogP contribution in [0.2, 0.25) is 0 Å². The van der Waals surface area contributed by atoms with E-state index in [9.17, 15) is 4.57 Å². The van der Waals surface area contributed by atoms with E-state index < -0.39 is 7.60 Å². The molecule has 1 aromatic rings. The molecule has 1 aromatic carbocycles. The van der Waals surface area contributed by atoms with E-state index in [4.69, 9.17) is 9.05 Å². The summed E-state index contributed by atoms with van der Waals surface area (Å²) in [6, 6.07) is 0. The van der Waals surface area contributed by atoms with E-state index in [2.05, 4.69) is 77.6 Å². The molecule has 0 fully saturated rings. The maximum Gasteiger partial charge on any atom is 0.335 e. The van der Waals surface area contributed by atoms with Crippen LogP contribution >= 0.6 is 71.3 Å². The average molecular weight is 614 g/mol. The van der Waals surface area contributed by atoms with Crippen molar-refractivity contribution in [3.8, 4) is 0 Å². The summed E-state index contributed by atoms with van der Waals surface area (Å²) in [5.41, 5.74) is 1.92. The van der Waals surface area contributed by atoms with Crippen LogP contribution in [0.5, 0.6) is 0 Å². The van der Waals surface area contributed by atoms with Gasteiger partial charge in [-0.1, -0.05) is 42.6 Å². The van der Waals surface area contributed by atoms with Crippen molar-refractivity contribution in [1.82, 2.24) is 0 Å². The first-order chi connectivity index (χ1) is 11.3. The molecule has 0 saturated carbocycles. The zero-order valence-corrected chi connectivity index (χ0v) is 21.4. The molecule has 8 heteroatoms. The Kier molecular flexibility index (Phi) is 10.9. The van der Waals surface area contributed by atoms with Gasteiger partial charge in [0.1, 0.15) is 0 Å². The SMILES string of the molecule is CCCCOP(=O)(Cc1c(Br)c(C)c(Br)c(Br)c1Br)OCCCC. The van der Waals surface area contributed by atoms with Crippen LogP contribution in [0, 0.1) is 6.92 Å². The first-order valence-corrected chi connectivity index (χ1v) is 12.9. The van der Waals surface area contributed by atoms with Gasteiger partial charge >= 0.3 is 7.60 Å². The summed E-state index contributed by atoms with van der Waals surface area (Å²) in [6.45, 7) is 7.05. The second-order valence-corrected chi connectivity index (χ2v) is 10.7. The fourth-order valence-electron chi connectivity index (χ4n) is 1.97. The Morgan fingerprint density at radius 2 is 1.33 bits per heavy atom. The van der Waals surface area contributed by atoms with Crippen molar-refractivity contribution < 1.29 is 13.6 Å². The van der Waals surface area contributed by atoms with Crippen molar-refractivity contribution in [1.29, 1.82) is 0 Å². The molecule has 0 saturated heterocycles. The molecule has 0 unspecified atom stereocenters. The van der Waals surface area contributed by atoms with Crippen molar-refractivity contribution in [3.05, 3.63) is 29.0 Å². The molecule has 0 aliphatic carbocycles. The quantitative estimate of drug-likeness (QED) is 0.115. The topological polar surface area (TPSA) is 35.5 Å². The number of hydrogen-bond acceptors (Lipinski definition) is 3. The number of hydrogen-bond donors (Lipinski definition) is 0. The van der Waals surface area contributed by atoms with E-state index >= 15 is 0 Å². The molecule has 0 aliphatic heterocycles. The molecule has 3 nitrogen and oxygen atoms in total. The molecular formula is C16H23Br4O3P. The van der Waals surface area contributed by atoms with Crippen molar-refractivity contribution in [2.24, 2.45) is 0 Å².